The van der Waals surface area contributed by atoms with Crippen LogP contribution in [0.4, 0.5) is 4.79 Å². The van der Waals surface area contributed by atoms with Crippen molar-refractivity contribution < 1.29 is 9.53 Å². The number of hydrogen-bond donors (Lipinski definition) is 1. The number of hydrogen-bond acceptors (Lipinski definition) is 2. The molecule has 3 nitrogen and oxygen atoms in total. The number of ether oxygens (including phenoxy) is 1. The summed E-state index contributed by atoms with van der Waals surface area (Å²) >= 11 is 3.40. The van der Waals surface area contributed by atoms with E-state index in [4.69, 9.17) is 10.5 Å². The first-order chi connectivity index (χ1) is 5.83. The van der Waals surface area contributed by atoms with Crippen LogP contribution >= 0.6 is 15.9 Å². The zero-order valence-corrected chi connectivity index (χ0v) is 9.85. The maximum absolute atomic E-state index is 10.7. The van der Waals surface area contributed by atoms with Crippen LogP contribution in [-0.2, 0) is 4.74 Å². The molecule has 1 amide bonds. The van der Waals surface area contributed by atoms with E-state index in [1.165, 1.54) is 0 Å². The fraction of sp³-hybridized carbons (Fsp3) is 0.889. The highest BCUT2D eigenvalue weighted by atomic mass is 79.9. The van der Waals surface area contributed by atoms with Crippen molar-refractivity contribution >= 4 is 22.0 Å². The molecule has 0 bridgehead atoms. The Labute approximate surface area is 87.1 Å². The molecule has 1 fully saturated rings. The summed E-state index contributed by atoms with van der Waals surface area (Å²) in [6.07, 6.45) is 0.239. The van der Waals surface area contributed by atoms with Crippen molar-refractivity contribution in [3.05, 3.63) is 0 Å². The quantitative estimate of drug-likeness (QED) is 0.764. The minimum Gasteiger partial charge on any atom is -0.442 e. The van der Waals surface area contributed by atoms with Crippen molar-refractivity contribution in [2.45, 2.75) is 32.8 Å². The second kappa shape index (κ2) is 3.15. The SMILES string of the molecule is CC(C)(C)C1(OC(N)=O)CC1CBr. The summed E-state index contributed by atoms with van der Waals surface area (Å²) in [6.45, 7) is 6.20. The Hall–Kier alpha value is -0.250. The van der Waals surface area contributed by atoms with E-state index in [1.54, 1.807) is 0 Å². The molecule has 2 N–H and O–H groups in total. The summed E-state index contributed by atoms with van der Waals surface area (Å²) in [7, 11) is 0. The highest BCUT2D eigenvalue weighted by Crippen LogP contribution is 2.58. The lowest BCUT2D eigenvalue weighted by Gasteiger charge is -2.31. The summed E-state index contributed by atoms with van der Waals surface area (Å²) in [4.78, 5) is 10.7. The van der Waals surface area contributed by atoms with E-state index >= 15 is 0 Å². The standard InChI is InChI=1S/C9H16BrNO2/c1-8(2,3)9(13-7(11)12)4-6(9)5-10/h6H,4-5H2,1-3H3,(H2,11,12). The van der Waals surface area contributed by atoms with Gasteiger partial charge < -0.3 is 10.5 Å². The Morgan fingerprint density at radius 3 is 2.46 bits per heavy atom. The van der Waals surface area contributed by atoms with Crippen LogP contribution < -0.4 is 5.73 Å². The Kier molecular flexibility index (Phi) is 2.63. The van der Waals surface area contributed by atoms with Crippen LogP contribution in [0.1, 0.15) is 27.2 Å². The van der Waals surface area contributed by atoms with Gasteiger partial charge in [-0.25, -0.2) is 4.79 Å². The monoisotopic (exact) mass is 249 g/mol. The topological polar surface area (TPSA) is 52.3 Å². The molecule has 1 saturated carbocycles. The van der Waals surface area contributed by atoms with Crippen LogP contribution in [0.5, 0.6) is 0 Å². The van der Waals surface area contributed by atoms with Crippen molar-refractivity contribution in [3.63, 3.8) is 0 Å². The van der Waals surface area contributed by atoms with Gasteiger partial charge in [-0.3, -0.25) is 0 Å². The number of carbonyl (C=O) groups excluding carboxylic acids is 1. The summed E-state index contributed by atoms with van der Waals surface area (Å²) in [6, 6.07) is 0. The Bertz CT molecular complexity index is 224. The molecule has 0 aromatic heterocycles. The molecule has 1 aliphatic carbocycles. The zero-order valence-electron chi connectivity index (χ0n) is 8.26. The molecule has 1 rings (SSSR count). The van der Waals surface area contributed by atoms with Gasteiger partial charge in [-0.2, -0.15) is 0 Å². The van der Waals surface area contributed by atoms with E-state index in [-0.39, 0.29) is 11.0 Å². The van der Waals surface area contributed by atoms with Gasteiger partial charge in [-0.15, -0.1) is 0 Å². The summed E-state index contributed by atoms with van der Waals surface area (Å²) < 4.78 is 5.23. The van der Waals surface area contributed by atoms with Gasteiger partial charge in [-0.1, -0.05) is 36.7 Å². The van der Waals surface area contributed by atoms with Crippen molar-refractivity contribution in [2.75, 3.05) is 5.33 Å². The zero-order chi connectivity index (χ0) is 10.3. The first kappa shape index (κ1) is 10.8. The summed E-state index contributed by atoms with van der Waals surface area (Å²) in [5.41, 5.74) is 4.67. The lowest BCUT2D eigenvalue weighted by Crippen LogP contribution is -2.38. The fourth-order valence-electron chi connectivity index (χ4n) is 1.86. The number of alkyl halides is 1. The molecule has 76 valence electrons. The third-order valence-corrected chi connectivity index (χ3v) is 3.57. The Morgan fingerprint density at radius 2 is 2.23 bits per heavy atom. The van der Waals surface area contributed by atoms with Gasteiger partial charge >= 0.3 is 6.09 Å². The third-order valence-electron chi connectivity index (χ3n) is 2.79. The lowest BCUT2D eigenvalue weighted by molar-refractivity contribution is 0.00592. The van der Waals surface area contributed by atoms with Crippen LogP contribution in [0.2, 0.25) is 0 Å². The second-order valence-corrected chi connectivity index (χ2v) is 5.26. The first-order valence-corrected chi connectivity index (χ1v) is 5.50. The van der Waals surface area contributed by atoms with E-state index in [2.05, 4.69) is 36.7 Å². The van der Waals surface area contributed by atoms with Crippen molar-refractivity contribution in [3.8, 4) is 0 Å². The minimum absolute atomic E-state index is 0.0412. The van der Waals surface area contributed by atoms with E-state index in [9.17, 15) is 4.79 Å². The Balaban J connectivity index is 2.75. The number of nitrogens with two attached hydrogens (primary N) is 1. The average Bonchev–Trinajstić information content (AvgIpc) is 2.61. The summed E-state index contributed by atoms with van der Waals surface area (Å²) in [5, 5.41) is 0.859. The van der Waals surface area contributed by atoms with Gasteiger partial charge in [0.1, 0.15) is 5.60 Å². The minimum atomic E-state index is -0.668. The molecule has 1 aliphatic rings. The van der Waals surface area contributed by atoms with Gasteiger partial charge in [0.15, 0.2) is 0 Å². The van der Waals surface area contributed by atoms with Crippen LogP contribution in [0.15, 0.2) is 0 Å². The van der Waals surface area contributed by atoms with E-state index in [1.807, 2.05) is 0 Å². The van der Waals surface area contributed by atoms with Crippen LogP contribution in [-0.4, -0.2) is 17.0 Å². The van der Waals surface area contributed by atoms with Gasteiger partial charge in [0.2, 0.25) is 0 Å². The number of halogens is 1. The lowest BCUT2D eigenvalue weighted by atomic mass is 9.85. The van der Waals surface area contributed by atoms with Gasteiger partial charge in [0.05, 0.1) is 0 Å². The number of amides is 1. The molecule has 0 aromatic carbocycles. The van der Waals surface area contributed by atoms with Crippen LogP contribution in [0.3, 0.4) is 0 Å². The Morgan fingerprint density at radius 1 is 1.69 bits per heavy atom. The summed E-state index contributed by atoms with van der Waals surface area (Å²) in [5.74, 6) is 0.403. The average molecular weight is 250 g/mol. The maximum atomic E-state index is 10.7. The predicted octanol–water partition coefficient (Wildman–Crippen LogP) is 2.28. The molecule has 0 heterocycles. The van der Waals surface area contributed by atoms with Crippen LogP contribution in [0.25, 0.3) is 0 Å². The molecule has 0 radical (unpaired) electrons. The van der Waals surface area contributed by atoms with Crippen molar-refractivity contribution in [2.24, 2.45) is 17.1 Å². The highest BCUT2D eigenvalue weighted by Gasteiger charge is 2.63. The van der Waals surface area contributed by atoms with E-state index in [0.29, 0.717) is 5.92 Å². The second-order valence-electron chi connectivity index (χ2n) is 4.62. The highest BCUT2D eigenvalue weighted by molar-refractivity contribution is 9.09. The number of rotatable bonds is 2. The first-order valence-electron chi connectivity index (χ1n) is 4.38. The molecule has 0 spiro atoms. The molecule has 0 saturated heterocycles. The van der Waals surface area contributed by atoms with Gasteiger partial charge in [-0.05, 0) is 6.42 Å². The normalized spacial score (nSPS) is 32.8. The molecule has 2 atom stereocenters. The largest absolute Gasteiger partial charge is 0.442 e. The molecular weight excluding hydrogens is 234 g/mol. The van der Waals surface area contributed by atoms with E-state index in [0.717, 1.165) is 11.8 Å². The van der Waals surface area contributed by atoms with E-state index < -0.39 is 6.09 Å². The molecule has 4 heteroatoms. The smallest absolute Gasteiger partial charge is 0.405 e. The van der Waals surface area contributed by atoms with Crippen LogP contribution in [0, 0.1) is 11.3 Å². The molecule has 2 unspecified atom stereocenters. The van der Waals surface area contributed by atoms with Gasteiger partial charge in [0, 0.05) is 16.7 Å². The maximum Gasteiger partial charge on any atom is 0.405 e. The molecular formula is C9H16BrNO2. The number of primary amides is 1. The molecule has 0 aliphatic heterocycles. The van der Waals surface area contributed by atoms with Crippen molar-refractivity contribution in [1.82, 2.24) is 0 Å². The van der Waals surface area contributed by atoms with Crippen molar-refractivity contribution in [1.29, 1.82) is 0 Å². The fourth-order valence-corrected chi connectivity index (χ4v) is 2.61. The molecule has 0 aromatic rings. The number of carbonyl (C=O) groups is 1. The van der Waals surface area contributed by atoms with Gasteiger partial charge in [0.25, 0.3) is 0 Å². The molecule has 13 heavy (non-hydrogen) atoms. The third kappa shape index (κ3) is 1.82. The predicted molar refractivity (Wildman–Crippen MR) is 54.8 cm³/mol.